The third-order valence-electron chi connectivity index (χ3n) is 3.63. The smallest absolute Gasteiger partial charge is 0.227 e. The summed E-state index contributed by atoms with van der Waals surface area (Å²) in [5.41, 5.74) is 3.49. The molecule has 0 saturated heterocycles. The Morgan fingerprint density at radius 1 is 1.21 bits per heavy atom. The van der Waals surface area contributed by atoms with E-state index in [0.717, 1.165) is 43.7 Å². The number of aryl methyl sites for hydroxylation is 1. The van der Waals surface area contributed by atoms with Crippen LogP contribution < -0.4 is 15.5 Å². The average Bonchev–Trinajstić information content (AvgIpc) is 2.45. The molecule has 0 fully saturated rings. The number of anilines is 2. The van der Waals surface area contributed by atoms with Crippen molar-refractivity contribution in [3.8, 4) is 0 Å². The molecule has 0 bridgehead atoms. The maximum atomic E-state index is 12.1. The summed E-state index contributed by atoms with van der Waals surface area (Å²) in [5, 5.41) is 6.29. The van der Waals surface area contributed by atoms with Crippen molar-refractivity contribution in [1.82, 2.24) is 5.32 Å². The first kappa shape index (κ1) is 13.9. The number of carbonyl (C=O) groups excluding carboxylic acids is 1. The lowest BCUT2D eigenvalue weighted by molar-refractivity contribution is -0.118. The highest BCUT2D eigenvalue weighted by molar-refractivity contribution is 5.96. The second-order valence-electron chi connectivity index (χ2n) is 4.95. The molecule has 1 aromatic rings. The number of rotatable bonds is 6. The molecule has 0 spiro atoms. The van der Waals surface area contributed by atoms with Gasteiger partial charge in [0.05, 0.1) is 0 Å². The number of fused-ring (bicyclic) bond motifs is 1. The van der Waals surface area contributed by atoms with E-state index >= 15 is 0 Å². The summed E-state index contributed by atoms with van der Waals surface area (Å²) in [7, 11) is 3.88. The Kier molecular flexibility index (Phi) is 4.80. The summed E-state index contributed by atoms with van der Waals surface area (Å²) in [5.74, 6) is 0.258. The number of benzene rings is 1. The monoisotopic (exact) mass is 261 g/mol. The van der Waals surface area contributed by atoms with Gasteiger partial charge in [-0.2, -0.15) is 0 Å². The minimum absolute atomic E-state index is 0.258. The molecule has 4 heteroatoms. The molecular weight excluding hydrogens is 238 g/mol. The van der Waals surface area contributed by atoms with Crippen molar-refractivity contribution in [3.63, 3.8) is 0 Å². The largest absolute Gasteiger partial charge is 0.388 e. The Hall–Kier alpha value is -1.55. The van der Waals surface area contributed by atoms with Gasteiger partial charge in [0.2, 0.25) is 5.91 Å². The molecule has 0 unspecified atom stereocenters. The van der Waals surface area contributed by atoms with Gasteiger partial charge in [-0.05, 0) is 56.6 Å². The van der Waals surface area contributed by atoms with Crippen LogP contribution >= 0.6 is 0 Å². The highest BCUT2D eigenvalue weighted by atomic mass is 16.2. The lowest BCUT2D eigenvalue weighted by atomic mass is 10.00. The van der Waals surface area contributed by atoms with E-state index in [-0.39, 0.29) is 5.91 Å². The zero-order chi connectivity index (χ0) is 13.7. The van der Waals surface area contributed by atoms with E-state index in [2.05, 4.69) is 22.8 Å². The van der Waals surface area contributed by atoms with Crippen LogP contribution in [-0.4, -0.2) is 33.1 Å². The number of nitrogens with one attached hydrogen (secondary N) is 2. The first-order valence-electron chi connectivity index (χ1n) is 7.02. The van der Waals surface area contributed by atoms with Crippen molar-refractivity contribution >= 4 is 17.3 Å². The van der Waals surface area contributed by atoms with Crippen molar-refractivity contribution < 1.29 is 4.79 Å². The molecule has 0 atom stereocenters. The van der Waals surface area contributed by atoms with Crippen LogP contribution in [0.1, 0.15) is 24.8 Å². The van der Waals surface area contributed by atoms with E-state index in [1.807, 2.05) is 25.1 Å². The lowest BCUT2D eigenvalue weighted by Crippen LogP contribution is -2.36. The fraction of sp³-hybridized carbons (Fsp3) is 0.533. The molecule has 1 aliphatic rings. The molecule has 0 aromatic heterocycles. The maximum absolute atomic E-state index is 12.1. The number of hydrogen-bond donors (Lipinski definition) is 2. The summed E-state index contributed by atoms with van der Waals surface area (Å²) in [6, 6.07) is 6.26. The zero-order valence-corrected chi connectivity index (χ0v) is 11.8. The summed E-state index contributed by atoms with van der Waals surface area (Å²) in [4.78, 5) is 14.0. The van der Waals surface area contributed by atoms with Crippen LogP contribution in [0, 0.1) is 0 Å². The second-order valence-corrected chi connectivity index (χ2v) is 4.95. The van der Waals surface area contributed by atoms with E-state index in [9.17, 15) is 4.79 Å². The van der Waals surface area contributed by atoms with Gasteiger partial charge in [0, 0.05) is 31.4 Å². The van der Waals surface area contributed by atoms with Crippen LogP contribution in [0.3, 0.4) is 0 Å². The van der Waals surface area contributed by atoms with E-state index in [4.69, 9.17) is 0 Å². The number of carbonyl (C=O) groups is 1. The summed E-state index contributed by atoms with van der Waals surface area (Å²) in [6.45, 7) is 1.83. The molecule has 0 radical (unpaired) electrons. The Morgan fingerprint density at radius 3 is 2.79 bits per heavy atom. The van der Waals surface area contributed by atoms with Crippen molar-refractivity contribution in [2.24, 2.45) is 0 Å². The topological polar surface area (TPSA) is 44.4 Å². The zero-order valence-electron chi connectivity index (χ0n) is 11.8. The highest BCUT2D eigenvalue weighted by Gasteiger charge is 2.23. The van der Waals surface area contributed by atoms with E-state index in [1.165, 1.54) is 5.56 Å². The Labute approximate surface area is 115 Å². The number of hydrogen-bond acceptors (Lipinski definition) is 3. The third kappa shape index (κ3) is 3.26. The highest BCUT2D eigenvalue weighted by Crippen LogP contribution is 2.30. The van der Waals surface area contributed by atoms with E-state index < -0.39 is 0 Å². The molecule has 0 aliphatic carbocycles. The van der Waals surface area contributed by atoms with Gasteiger partial charge < -0.3 is 15.5 Å². The van der Waals surface area contributed by atoms with Crippen LogP contribution in [0.4, 0.5) is 11.4 Å². The quantitative estimate of drug-likeness (QED) is 0.770. The molecule has 104 valence electrons. The standard InChI is InChI=1S/C15H23N3O/c1-16-9-3-4-10-18-14-7-6-13(17-2)11-12(14)5-8-15(18)19/h6-7,11,16-17H,3-5,8-10H2,1-2H3. The van der Waals surface area contributed by atoms with Gasteiger partial charge in [0.1, 0.15) is 0 Å². The Bertz CT molecular complexity index is 445. The summed E-state index contributed by atoms with van der Waals surface area (Å²) >= 11 is 0. The minimum Gasteiger partial charge on any atom is -0.388 e. The van der Waals surface area contributed by atoms with Crippen molar-refractivity contribution in [1.29, 1.82) is 0 Å². The normalized spacial score (nSPS) is 14.4. The first-order valence-corrected chi connectivity index (χ1v) is 7.02. The van der Waals surface area contributed by atoms with E-state index in [0.29, 0.717) is 6.42 Å². The van der Waals surface area contributed by atoms with Crippen LogP contribution in [0.15, 0.2) is 18.2 Å². The number of nitrogens with zero attached hydrogens (tertiary/aromatic N) is 1. The number of amides is 1. The fourth-order valence-corrected chi connectivity index (χ4v) is 2.53. The van der Waals surface area contributed by atoms with Crippen molar-refractivity contribution in [2.75, 3.05) is 37.4 Å². The maximum Gasteiger partial charge on any atom is 0.227 e. The molecule has 1 aliphatic heterocycles. The first-order chi connectivity index (χ1) is 9.26. The van der Waals surface area contributed by atoms with Crippen LogP contribution in [0.2, 0.25) is 0 Å². The average molecular weight is 261 g/mol. The predicted molar refractivity (Wildman–Crippen MR) is 79.8 cm³/mol. The Balaban J connectivity index is 2.09. The van der Waals surface area contributed by atoms with E-state index in [1.54, 1.807) is 0 Å². The van der Waals surface area contributed by atoms with Gasteiger partial charge in [-0.3, -0.25) is 4.79 Å². The molecule has 4 nitrogen and oxygen atoms in total. The number of unbranched alkanes of at least 4 members (excludes halogenated alkanes) is 1. The second kappa shape index (κ2) is 6.57. The van der Waals surface area contributed by atoms with Gasteiger partial charge in [-0.1, -0.05) is 0 Å². The minimum atomic E-state index is 0.258. The van der Waals surface area contributed by atoms with Gasteiger partial charge in [-0.25, -0.2) is 0 Å². The summed E-state index contributed by atoms with van der Waals surface area (Å²) in [6.07, 6.45) is 3.63. The van der Waals surface area contributed by atoms with Gasteiger partial charge in [0.25, 0.3) is 0 Å². The molecule has 2 N–H and O–H groups in total. The summed E-state index contributed by atoms with van der Waals surface area (Å²) < 4.78 is 0. The Morgan fingerprint density at radius 2 is 2.05 bits per heavy atom. The van der Waals surface area contributed by atoms with Crippen molar-refractivity contribution in [3.05, 3.63) is 23.8 Å². The molecule has 0 saturated carbocycles. The van der Waals surface area contributed by atoms with Gasteiger partial charge in [-0.15, -0.1) is 0 Å². The molecule has 1 heterocycles. The SMILES string of the molecule is CNCCCCN1C(=O)CCc2cc(NC)ccc21. The molecular formula is C15H23N3O. The van der Waals surface area contributed by atoms with Crippen LogP contribution in [-0.2, 0) is 11.2 Å². The molecule has 19 heavy (non-hydrogen) atoms. The van der Waals surface area contributed by atoms with Crippen molar-refractivity contribution in [2.45, 2.75) is 25.7 Å². The predicted octanol–water partition coefficient (Wildman–Crippen LogP) is 2.01. The molecule has 1 aromatic carbocycles. The van der Waals surface area contributed by atoms with Crippen LogP contribution in [0.5, 0.6) is 0 Å². The lowest BCUT2D eigenvalue weighted by Gasteiger charge is -2.30. The third-order valence-corrected chi connectivity index (χ3v) is 3.63. The van der Waals surface area contributed by atoms with Gasteiger partial charge >= 0.3 is 0 Å². The fourth-order valence-electron chi connectivity index (χ4n) is 2.53. The molecule has 1 amide bonds. The molecule has 2 rings (SSSR count). The van der Waals surface area contributed by atoms with Crippen LogP contribution in [0.25, 0.3) is 0 Å². The van der Waals surface area contributed by atoms with Gasteiger partial charge in [0.15, 0.2) is 0 Å².